The molecule has 1 aromatic carbocycles. The van der Waals surface area contributed by atoms with Crippen LogP contribution in [0.2, 0.25) is 5.02 Å². The van der Waals surface area contributed by atoms with Crippen LogP contribution in [0.5, 0.6) is 5.75 Å². The number of rotatable bonds is 6. The molecule has 1 aliphatic heterocycles. The summed E-state index contributed by atoms with van der Waals surface area (Å²) in [5.74, 6) is 1.75. The van der Waals surface area contributed by atoms with E-state index in [9.17, 15) is 0 Å². The Morgan fingerprint density at radius 2 is 1.96 bits per heavy atom. The van der Waals surface area contributed by atoms with E-state index >= 15 is 0 Å². The van der Waals surface area contributed by atoms with Crippen LogP contribution in [-0.4, -0.2) is 67.3 Å². The van der Waals surface area contributed by atoms with Crippen LogP contribution < -0.4 is 10.1 Å². The third kappa shape index (κ3) is 6.86. The lowest BCUT2D eigenvalue weighted by Gasteiger charge is -2.36. The molecule has 0 unspecified atom stereocenters. The Balaban J connectivity index is 0.00000261. The summed E-state index contributed by atoms with van der Waals surface area (Å²) >= 11 is 5.88. The van der Waals surface area contributed by atoms with Crippen molar-refractivity contribution in [2.75, 3.05) is 46.4 Å². The summed E-state index contributed by atoms with van der Waals surface area (Å²) in [5, 5.41) is 7.95. The van der Waals surface area contributed by atoms with Gasteiger partial charge in [0, 0.05) is 50.9 Å². The van der Waals surface area contributed by atoms with Crippen LogP contribution >= 0.6 is 35.6 Å². The lowest BCUT2D eigenvalue weighted by atomic mass is 10.3. The molecular weight excluding hydrogens is 481 g/mol. The van der Waals surface area contributed by atoms with Gasteiger partial charge in [-0.1, -0.05) is 16.8 Å². The van der Waals surface area contributed by atoms with Crippen molar-refractivity contribution in [3.8, 4) is 5.75 Å². The van der Waals surface area contributed by atoms with Crippen LogP contribution in [0, 0.1) is 0 Å². The lowest BCUT2D eigenvalue weighted by molar-refractivity contribution is 0.152. The van der Waals surface area contributed by atoms with E-state index in [1.165, 1.54) is 0 Å². The van der Waals surface area contributed by atoms with Crippen LogP contribution in [0.3, 0.4) is 0 Å². The largest absolute Gasteiger partial charge is 0.492 e. The van der Waals surface area contributed by atoms with Crippen LogP contribution in [0.4, 0.5) is 0 Å². The number of aliphatic imine (C=N–C) groups is 1. The third-order valence-electron chi connectivity index (χ3n) is 4.29. The first-order valence-corrected chi connectivity index (χ1v) is 9.08. The number of halogens is 2. The fourth-order valence-electron chi connectivity index (χ4n) is 2.84. The zero-order valence-electron chi connectivity index (χ0n) is 15.3. The van der Waals surface area contributed by atoms with E-state index in [1.807, 2.05) is 30.3 Å². The normalized spacial score (nSPS) is 15.3. The van der Waals surface area contributed by atoms with Crippen LogP contribution in [-0.2, 0) is 6.54 Å². The summed E-state index contributed by atoms with van der Waals surface area (Å²) in [7, 11) is 1.80. The average molecular weight is 506 g/mol. The number of piperazine rings is 1. The molecule has 0 amide bonds. The third-order valence-corrected chi connectivity index (χ3v) is 4.54. The standard InChI is InChI=1S/C18H24ClN5O2.HI/c1-20-18(21-14-16-6-12-26-22-16)24-9-7-23(8-10-24)11-13-25-17-4-2-15(19)3-5-17;/h2-6,12H,7-11,13-14H2,1H3,(H,20,21);1H. The highest BCUT2D eigenvalue weighted by Crippen LogP contribution is 2.15. The lowest BCUT2D eigenvalue weighted by Crippen LogP contribution is -2.52. The maximum absolute atomic E-state index is 5.88. The van der Waals surface area contributed by atoms with Crippen LogP contribution in [0.15, 0.2) is 46.1 Å². The van der Waals surface area contributed by atoms with Gasteiger partial charge < -0.3 is 19.5 Å². The molecule has 7 nitrogen and oxygen atoms in total. The van der Waals surface area contributed by atoms with Gasteiger partial charge in [0.15, 0.2) is 5.96 Å². The van der Waals surface area contributed by atoms with Gasteiger partial charge in [-0.15, -0.1) is 24.0 Å². The zero-order chi connectivity index (χ0) is 18.2. The van der Waals surface area contributed by atoms with Crippen molar-refractivity contribution in [3.63, 3.8) is 0 Å². The minimum Gasteiger partial charge on any atom is -0.492 e. The average Bonchev–Trinajstić information content (AvgIpc) is 3.19. The van der Waals surface area contributed by atoms with Gasteiger partial charge in [0.1, 0.15) is 24.3 Å². The molecule has 0 radical (unpaired) electrons. The second kappa shape index (κ2) is 11.4. The fraction of sp³-hybridized carbons (Fsp3) is 0.444. The van der Waals surface area contributed by atoms with Gasteiger partial charge in [-0.2, -0.15) is 0 Å². The number of nitrogens with one attached hydrogen (secondary N) is 1. The second-order valence-electron chi connectivity index (χ2n) is 6.02. The quantitative estimate of drug-likeness (QED) is 0.370. The van der Waals surface area contributed by atoms with E-state index in [0.29, 0.717) is 13.2 Å². The van der Waals surface area contributed by atoms with Gasteiger partial charge in [-0.05, 0) is 24.3 Å². The Morgan fingerprint density at radius 3 is 2.59 bits per heavy atom. The van der Waals surface area contributed by atoms with Gasteiger partial charge in [-0.25, -0.2) is 0 Å². The summed E-state index contributed by atoms with van der Waals surface area (Å²) < 4.78 is 10.6. The molecule has 1 aliphatic rings. The monoisotopic (exact) mass is 505 g/mol. The molecule has 0 aliphatic carbocycles. The molecule has 9 heteroatoms. The number of nitrogens with zero attached hydrogens (tertiary/aromatic N) is 4. The molecule has 1 fully saturated rings. The molecule has 1 saturated heterocycles. The first-order chi connectivity index (χ1) is 12.7. The van der Waals surface area contributed by atoms with E-state index in [0.717, 1.165) is 55.1 Å². The molecule has 0 spiro atoms. The summed E-state index contributed by atoms with van der Waals surface area (Å²) in [6, 6.07) is 9.31. The second-order valence-corrected chi connectivity index (χ2v) is 6.46. The Bertz CT molecular complexity index is 688. The summed E-state index contributed by atoms with van der Waals surface area (Å²) in [5.41, 5.74) is 0.865. The van der Waals surface area contributed by atoms with E-state index in [1.54, 1.807) is 13.3 Å². The maximum atomic E-state index is 5.88. The van der Waals surface area contributed by atoms with Crippen molar-refractivity contribution in [2.24, 2.45) is 4.99 Å². The summed E-state index contributed by atoms with van der Waals surface area (Å²) in [4.78, 5) is 9.02. The Morgan fingerprint density at radius 1 is 1.22 bits per heavy atom. The van der Waals surface area contributed by atoms with Crippen molar-refractivity contribution in [1.29, 1.82) is 0 Å². The van der Waals surface area contributed by atoms with E-state index < -0.39 is 0 Å². The molecule has 27 heavy (non-hydrogen) atoms. The number of benzene rings is 1. The van der Waals surface area contributed by atoms with E-state index in [2.05, 4.69) is 25.3 Å². The Kier molecular flexibility index (Phi) is 9.16. The SMILES string of the molecule is CN=C(NCc1ccon1)N1CCN(CCOc2ccc(Cl)cc2)CC1.I. The van der Waals surface area contributed by atoms with Crippen molar-refractivity contribution in [3.05, 3.63) is 47.3 Å². The van der Waals surface area contributed by atoms with Crippen LogP contribution in [0.1, 0.15) is 5.69 Å². The molecule has 2 heterocycles. The Labute approximate surface area is 181 Å². The van der Waals surface area contributed by atoms with Gasteiger partial charge >= 0.3 is 0 Å². The highest BCUT2D eigenvalue weighted by atomic mass is 127. The van der Waals surface area contributed by atoms with Crippen LogP contribution in [0.25, 0.3) is 0 Å². The fourth-order valence-corrected chi connectivity index (χ4v) is 2.96. The predicted molar refractivity (Wildman–Crippen MR) is 117 cm³/mol. The molecule has 1 aromatic heterocycles. The number of aromatic nitrogens is 1. The summed E-state index contributed by atoms with van der Waals surface area (Å²) in [6.07, 6.45) is 1.57. The van der Waals surface area contributed by atoms with Crippen molar-refractivity contribution < 1.29 is 9.26 Å². The smallest absolute Gasteiger partial charge is 0.194 e. The number of hydrogen-bond acceptors (Lipinski definition) is 5. The summed E-state index contributed by atoms with van der Waals surface area (Å²) in [6.45, 7) is 6.00. The van der Waals surface area contributed by atoms with Gasteiger partial charge in [0.2, 0.25) is 0 Å². The number of hydrogen-bond donors (Lipinski definition) is 1. The predicted octanol–water partition coefficient (Wildman–Crippen LogP) is 2.72. The molecule has 1 N–H and O–H groups in total. The highest BCUT2D eigenvalue weighted by Gasteiger charge is 2.19. The first kappa shape index (κ1) is 21.8. The van der Waals surface area contributed by atoms with Gasteiger partial charge in [0.05, 0.1) is 6.54 Å². The molecule has 2 aromatic rings. The Hall–Kier alpha value is -1.52. The number of ether oxygens (including phenoxy) is 1. The van der Waals surface area contributed by atoms with Crippen molar-refractivity contribution in [1.82, 2.24) is 20.3 Å². The molecule has 0 atom stereocenters. The van der Waals surface area contributed by atoms with Crippen molar-refractivity contribution >= 4 is 41.5 Å². The minimum absolute atomic E-state index is 0. The van der Waals surface area contributed by atoms with Crippen molar-refractivity contribution in [2.45, 2.75) is 6.54 Å². The van der Waals surface area contributed by atoms with Gasteiger partial charge in [0.25, 0.3) is 0 Å². The van der Waals surface area contributed by atoms with E-state index in [4.69, 9.17) is 20.9 Å². The maximum Gasteiger partial charge on any atom is 0.194 e. The van der Waals surface area contributed by atoms with Gasteiger partial charge in [-0.3, -0.25) is 9.89 Å². The first-order valence-electron chi connectivity index (χ1n) is 8.70. The molecule has 148 valence electrons. The topological polar surface area (TPSA) is 66.1 Å². The highest BCUT2D eigenvalue weighted by molar-refractivity contribution is 14.0. The molecule has 0 saturated carbocycles. The zero-order valence-corrected chi connectivity index (χ0v) is 18.4. The molecular formula is C18H25ClIN5O2. The molecule has 0 bridgehead atoms. The molecule has 3 rings (SSSR count). The minimum atomic E-state index is 0. The van der Waals surface area contributed by atoms with E-state index in [-0.39, 0.29) is 24.0 Å². The number of guanidine groups is 1.